The van der Waals surface area contributed by atoms with Crippen molar-refractivity contribution in [2.45, 2.75) is 25.8 Å². The summed E-state index contributed by atoms with van der Waals surface area (Å²) in [7, 11) is 4.14. The Morgan fingerprint density at radius 1 is 1.32 bits per heavy atom. The molecule has 1 aliphatic heterocycles. The van der Waals surface area contributed by atoms with Gasteiger partial charge in [0.15, 0.2) is 0 Å². The number of nitrogens with one attached hydrogen (secondary N) is 1. The largest absolute Gasteiger partial charge is 0.385 e. The maximum atomic E-state index is 13.0. The van der Waals surface area contributed by atoms with E-state index in [1.807, 2.05) is 35.2 Å². The molecule has 25 heavy (non-hydrogen) atoms. The molecule has 2 heterocycles. The third-order valence-electron chi connectivity index (χ3n) is 4.52. The zero-order valence-electron chi connectivity index (χ0n) is 15.2. The van der Waals surface area contributed by atoms with Gasteiger partial charge in [-0.25, -0.2) is 0 Å². The molecule has 0 spiro atoms. The lowest BCUT2D eigenvalue weighted by Gasteiger charge is -2.22. The number of benzene rings is 1. The van der Waals surface area contributed by atoms with Crippen LogP contribution in [0.1, 0.15) is 29.4 Å². The normalized spacial score (nSPS) is 16.2. The second kappa shape index (κ2) is 7.66. The van der Waals surface area contributed by atoms with Gasteiger partial charge in [0, 0.05) is 30.2 Å². The molecule has 1 atom stereocenters. The molecular formula is C20H26N4O. The fraction of sp³-hybridized carbons (Fsp3) is 0.400. The number of para-hydroxylation sites is 1. The predicted molar refractivity (Wildman–Crippen MR) is 102 cm³/mol. The first kappa shape index (κ1) is 17.4. The highest BCUT2D eigenvalue weighted by atomic mass is 16.2. The van der Waals surface area contributed by atoms with Crippen molar-refractivity contribution < 1.29 is 4.79 Å². The molecule has 1 unspecified atom stereocenters. The van der Waals surface area contributed by atoms with Crippen molar-refractivity contribution in [3.8, 4) is 0 Å². The highest BCUT2D eigenvalue weighted by Gasteiger charge is 2.31. The minimum Gasteiger partial charge on any atom is -0.385 e. The number of anilines is 2. The summed E-state index contributed by atoms with van der Waals surface area (Å²) in [6.07, 6.45) is 3.65. The molecule has 1 N–H and O–H groups in total. The number of amides is 1. The Labute approximate surface area is 149 Å². The monoisotopic (exact) mass is 338 g/mol. The van der Waals surface area contributed by atoms with E-state index in [4.69, 9.17) is 0 Å². The summed E-state index contributed by atoms with van der Waals surface area (Å²) in [5, 5.41) is 3.38. The summed E-state index contributed by atoms with van der Waals surface area (Å²) in [5.41, 5.74) is 3.66. The summed E-state index contributed by atoms with van der Waals surface area (Å²) < 4.78 is 0. The number of pyridine rings is 1. The molecule has 1 aromatic heterocycles. The van der Waals surface area contributed by atoms with Gasteiger partial charge in [-0.05, 0) is 64.2 Å². The van der Waals surface area contributed by atoms with E-state index < -0.39 is 0 Å². The number of carbonyl (C=O) groups is 1. The fourth-order valence-corrected chi connectivity index (χ4v) is 3.28. The van der Waals surface area contributed by atoms with Crippen LogP contribution < -0.4 is 10.2 Å². The second-order valence-electron chi connectivity index (χ2n) is 6.87. The molecule has 3 rings (SSSR count). The predicted octanol–water partition coefficient (Wildman–Crippen LogP) is 3.04. The minimum atomic E-state index is -0.0330. The topological polar surface area (TPSA) is 48.5 Å². The Morgan fingerprint density at radius 3 is 2.92 bits per heavy atom. The summed E-state index contributed by atoms with van der Waals surface area (Å²) in [5.74, 6) is -0.0330. The van der Waals surface area contributed by atoms with Crippen molar-refractivity contribution in [3.63, 3.8) is 0 Å². The highest BCUT2D eigenvalue weighted by Crippen LogP contribution is 2.32. The molecule has 0 fully saturated rings. The van der Waals surface area contributed by atoms with Gasteiger partial charge in [-0.3, -0.25) is 9.78 Å². The maximum absolute atomic E-state index is 13.0. The van der Waals surface area contributed by atoms with E-state index in [-0.39, 0.29) is 11.9 Å². The zero-order valence-corrected chi connectivity index (χ0v) is 15.2. The lowest BCUT2D eigenvalue weighted by molar-refractivity contribution is 0.0976. The van der Waals surface area contributed by atoms with Crippen molar-refractivity contribution >= 4 is 17.3 Å². The quantitative estimate of drug-likeness (QED) is 0.823. The van der Waals surface area contributed by atoms with E-state index in [1.165, 1.54) is 5.56 Å². The smallest absolute Gasteiger partial charge is 0.277 e. The average molecular weight is 338 g/mol. The second-order valence-corrected chi connectivity index (χ2v) is 6.87. The molecule has 1 aliphatic rings. The molecule has 0 saturated heterocycles. The van der Waals surface area contributed by atoms with Crippen LogP contribution in [0.2, 0.25) is 0 Å². The SMILES string of the molecule is CC1Cc2ccccc2N1C(=O)c1cc(NCCCN(C)C)ccn1. The third kappa shape index (κ3) is 3.99. The maximum Gasteiger partial charge on any atom is 0.277 e. The summed E-state index contributed by atoms with van der Waals surface area (Å²) >= 11 is 0. The number of carbonyl (C=O) groups excluding carboxylic acids is 1. The number of rotatable bonds is 6. The highest BCUT2D eigenvalue weighted by molar-refractivity contribution is 6.06. The van der Waals surface area contributed by atoms with Crippen LogP contribution in [0.25, 0.3) is 0 Å². The van der Waals surface area contributed by atoms with Gasteiger partial charge >= 0.3 is 0 Å². The molecule has 2 aromatic rings. The first-order valence-electron chi connectivity index (χ1n) is 8.82. The van der Waals surface area contributed by atoms with E-state index >= 15 is 0 Å². The zero-order chi connectivity index (χ0) is 17.8. The number of hydrogen-bond acceptors (Lipinski definition) is 4. The number of nitrogens with zero attached hydrogens (tertiary/aromatic N) is 3. The Kier molecular flexibility index (Phi) is 5.34. The molecule has 0 radical (unpaired) electrons. The standard InChI is InChI=1S/C20H26N4O/c1-15-13-16-7-4-5-8-19(16)24(15)20(25)18-14-17(9-11-22-18)21-10-6-12-23(2)3/h4-5,7-9,11,14-15H,6,10,12-13H2,1-3H3,(H,21,22). The molecule has 5 nitrogen and oxygen atoms in total. The van der Waals surface area contributed by atoms with Crippen molar-refractivity contribution in [1.82, 2.24) is 9.88 Å². The van der Waals surface area contributed by atoms with Crippen molar-refractivity contribution in [2.24, 2.45) is 0 Å². The van der Waals surface area contributed by atoms with Gasteiger partial charge in [0.05, 0.1) is 0 Å². The van der Waals surface area contributed by atoms with Crippen LogP contribution in [-0.4, -0.2) is 49.0 Å². The third-order valence-corrected chi connectivity index (χ3v) is 4.52. The molecule has 0 aliphatic carbocycles. The first-order valence-corrected chi connectivity index (χ1v) is 8.82. The van der Waals surface area contributed by atoms with Crippen LogP contribution in [-0.2, 0) is 6.42 Å². The van der Waals surface area contributed by atoms with Gasteiger partial charge in [-0.2, -0.15) is 0 Å². The van der Waals surface area contributed by atoms with Gasteiger partial charge in [-0.1, -0.05) is 18.2 Å². The summed E-state index contributed by atoms with van der Waals surface area (Å²) in [4.78, 5) is 21.4. The molecule has 1 amide bonds. The van der Waals surface area contributed by atoms with Crippen molar-refractivity contribution in [1.29, 1.82) is 0 Å². The fourth-order valence-electron chi connectivity index (χ4n) is 3.28. The Hall–Kier alpha value is -2.40. The number of hydrogen-bond donors (Lipinski definition) is 1. The van der Waals surface area contributed by atoms with Crippen LogP contribution in [0, 0.1) is 0 Å². The Morgan fingerprint density at radius 2 is 2.12 bits per heavy atom. The van der Waals surface area contributed by atoms with E-state index in [0.29, 0.717) is 5.69 Å². The number of fused-ring (bicyclic) bond motifs is 1. The van der Waals surface area contributed by atoms with E-state index in [0.717, 1.165) is 37.3 Å². The number of aromatic nitrogens is 1. The summed E-state index contributed by atoms with van der Waals surface area (Å²) in [6, 6.07) is 12.0. The average Bonchev–Trinajstić information content (AvgIpc) is 2.94. The molecular weight excluding hydrogens is 312 g/mol. The van der Waals surface area contributed by atoms with Crippen molar-refractivity contribution in [2.75, 3.05) is 37.4 Å². The molecule has 0 bridgehead atoms. The van der Waals surface area contributed by atoms with Gasteiger partial charge in [0.2, 0.25) is 0 Å². The molecule has 1 aromatic carbocycles. The van der Waals surface area contributed by atoms with Crippen LogP contribution in [0.3, 0.4) is 0 Å². The summed E-state index contributed by atoms with van der Waals surface area (Å²) in [6.45, 7) is 3.99. The lowest BCUT2D eigenvalue weighted by Crippen LogP contribution is -2.36. The van der Waals surface area contributed by atoms with Gasteiger partial charge in [-0.15, -0.1) is 0 Å². The van der Waals surface area contributed by atoms with Crippen molar-refractivity contribution in [3.05, 3.63) is 53.9 Å². The van der Waals surface area contributed by atoms with E-state index in [2.05, 4.69) is 42.3 Å². The first-order chi connectivity index (χ1) is 12.1. The van der Waals surface area contributed by atoms with Crippen LogP contribution >= 0.6 is 0 Å². The van der Waals surface area contributed by atoms with Gasteiger partial charge in [0.25, 0.3) is 5.91 Å². The Bertz CT molecular complexity index is 744. The van der Waals surface area contributed by atoms with Gasteiger partial charge < -0.3 is 15.1 Å². The van der Waals surface area contributed by atoms with E-state index in [9.17, 15) is 4.79 Å². The van der Waals surface area contributed by atoms with Gasteiger partial charge in [0.1, 0.15) is 5.69 Å². The molecule has 5 heteroatoms. The van der Waals surface area contributed by atoms with Crippen LogP contribution in [0.4, 0.5) is 11.4 Å². The Balaban J connectivity index is 1.71. The van der Waals surface area contributed by atoms with Crippen LogP contribution in [0.5, 0.6) is 0 Å². The lowest BCUT2D eigenvalue weighted by atomic mass is 10.1. The van der Waals surface area contributed by atoms with Crippen LogP contribution in [0.15, 0.2) is 42.6 Å². The molecule has 0 saturated carbocycles. The minimum absolute atomic E-state index is 0.0330. The van der Waals surface area contributed by atoms with E-state index in [1.54, 1.807) is 6.20 Å². The molecule has 132 valence electrons.